The normalized spacial score (nSPS) is 13.5. The Morgan fingerprint density at radius 2 is 1.93 bits per heavy atom. The van der Waals surface area contributed by atoms with Gasteiger partial charge in [0.2, 0.25) is 0 Å². The summed E-state index contributed by atoms with van der Waals surface area (Å²) in [4.78, 5) is 15.8. The number of nitrogens with two attached hydrogens (primary N) is 2. The van der Waals surface area contributed by atoms with Gasteiger partial charge in [0.1, 0.15) is 0 Å². The van der Waals surface area contributed by atoms with E-state index in [0.717, 1.165) is 11.6 Å². The number of carbonyl (C=O) groups excluding carboxylic acids is 1. The van der Waals surface area contributed by atoms with Crippen molar-refractivity contribution in [2.75, 3.05) is 0 Å². The van der Waals surface area contributed by atoms with Crippen molar-refractivity contribution in [1.82, 2.24) is 0 Å². The number of hydrogen-bond donors (Lipinski definition) is 2. The van der Waals surface area contributed by atoms with E-state index < -0.39 is 17.5 Å². The number of fused-ring (bicyclic) bond motifs is 1. The number of rotatable bonds is 3. The largest absolute Gasteiger partial charge is 0.370 e. The van der Waals surface area contributed by atoms with Crippen LogP contribution in [0, 0.1) is 11.6 Å². The fraction of sp³-hybridized carbons (Fsp3) is 0.143. The molecule has 7 heteroatoms. The van der Waals surface area contributed by atoms with Gasteiger partial charge in [-0.1, -0.05) is 42.3 Å². The predicted molar refractivity (Wildman–Crippen MR) is 107 cm³/mol. The third kappa shape index (κ3) is 3.82. The number of hydrogen-bond acceptors (Lipinski definition) is 1. The molecule has 2 aromatic rings. The van der Waals surface area contributed by atoms with Crippen molar-refractivity contribution in [2.24, 2.45) is 16.5 Å². The fourth-order valence-corrected chi connectivity index (χ4v) is 3.47. The molecule has 2 aromatic carbocycles. The Morgan fingerprint density at radius 3 is 2.61 bits per heavy atom. The minimum Gasteiger partial charge on any atom is -0.370 e. The van der Waals surface area contributed by atoms with Gasteiger partial charge < -0.3 is 11.5 Å². The molecular weight excluding hydrogens is 384 g/mol. The smallest absolute Gasteiger partial charge is 0.280 e. The summed E-state index contributed by atoms with van der Waals surface area (Å²) in [5, 5.41) is 1.61. The van der Waals surface area contributed by atoms with E-state index in [0.29, 0.717) is 33.9 Å². The monoisotopic (exact) mass is 401 g/mol. The van der Waals surface area contributed by atoms with Crippen molar-refractivity contribution >= 4 is 34.1 Å². The lowest BCUT2D eigenvalue weighted by Gasteiger charge is -2.11. The molecule has 0 saturated heterocycles. The lowest BCUT2D eigenvalue weighted by molar-refractivity contribution is 0.100. The highest BCUT2D eigenvalue weighted by Gasteiger charge is 2.18. The van der Waals surface area contributed by atoms with Gasteiger partial charge in [-0.15, -0.1) is 0 Å². The zero-order valence-electron chi connectivity index (χ0n) is 15.1. The Bertz CT molecular complexity index is 1150. The first-order valence-corrected chi connectivity index (χ1v) is 9.00. The Morgan fingerprint density at radius 1 is 1.18 bits per heavy atom. The van der Waals surface area contributed by atoms with E-state index >= 15 is 0 Å². The van der Waals surface area contributed by atoms with Crippen LogP contribution >= 0.6 is 11.6 Å². The standard InChI is InChI=1S/C21H18ClF2N3O/c1-2-11-8-15(14-4-3-5-18(23)19(14)24)16-10-12(20(28)27-21(25)26)6-7-13(16)17(22)9-11/h3-7,9-10H,2,8H2,1H3,(H4,25,26,27,28). The summed E-state index contributed by atoms with van der Waals surface area (Å²) in [5.74, 6) is -2.88. The Kier molecular flexibility index (Phi) is 5.61. The molecule has 1 aliphatic carbocycles. The summed E-state index contributed by atoms with van der Waals surface area (Å²) in [5.41, 5.74) is 12.4. The van der Waals surface area contributed by atoms with E-state index in [-0.39, 0.29) is 17.1 Å². The zero-order valence-corrected chi connectivity index (χ0v) is 15.9. The first kappa shape index (κ1) is 19.8. The number of benzene rings is 2. The van der Waals surface area contributed by atoms with Crippen LogP contribution in [0.4, 0.5) is 8.78 Å². The van der Waals surface area contributed by atoms with Gasteiger partial charge in [-0.3, -0.25) is 4.79 Å². The molecular formula is C21H18ClF2N3O. The number of nitrogens with zero attached hydrogens (tertiary/aromatic N) is 1. The Balaban J connectivity index is 2.40. The molecule has 0 heterocycles. The van der Waals surface area contributed by atoms with E-state index in [2.05, 4.69) is 4.99 Å². The lowest BCUT2D eigenvalue weighted by atomic mass is 9.94. The molecule has 28 heavy (non-hydrogen) atoms. The van der Waals surface area contributed by atoms with Gasteiger partial charge in [0.15, 0.2) is 17.6 Å². The zero-order chi connectivity index (χ0) is 20.4. The van der Waals surface area contributed by atoms with E-state index in [9.17, 15) is 13.6 Å². The molecule has 0 saturated carbocycles. The molecule has 4 N–H and O–H groups in total. The van der Waals surface area contributed by atoms with Gasteiger partial charge >= 0.3 is 0 Å². The SMILES string of the molecule is CCC1=CC(Cl)=c2ccc(C(=O)N=C(N)N)cc2=C(c2cccc(F)c2F)C1. The molecule has 0 fully saturated rings. The van der Waals surface area contributed by atoms with Crippen molar-refractivity contribution in [2.45, 2.75) is 19.8 Å². The average Bonchev–Trinajstić information content (AvgIpc) is 2.79. The van der Waals surface area contributed by atoms with Gasteiger partial charge in [-0.05, 0) is 47.9 Å². The molecule has 0 spiro atoms. The summed E-state index contributed by atoms with van der Waals surface area (Å²) >= 11 is 6.47. The molecule has 0 unspecified atom stereocenters. The summed E-state index contributed by atoms with van der Waals surface area (Å²) in [6.45, 7) is 1.96. The molecule has 1 aliphatic rings. The summed E-state index contributed by atoms with van der Waals surface area (Å²) in [6, 6.07) is 8.76. The number of carbonyl (C=O) groups is 1. The molecule has 0 atom stereocenters. The minimum absolute atomic E-state index is 0.124. The maximum absolute atomic E-state index is 14.6. The second-order valence-electron chi connectivity index (χ2n) is 6.36. The molecule has 0 aliphatic heterocycles. The predicted octanol–water partition coefficient (Wildman–Crippen LogP) is 2.66. The first-order valence-electron chi connectivity index (χ1n) is 8.62. The summed E-state index contributed by atoms with van der Waals surface area (Å²) in [6.07, 6.45) is 2.87. The van der Waals surface area contributed by atoms with Crippen molar-refractivity contribution < 1.29 is 13.6 Å². The van der Waals surface area contributed by atoms with Crippen molar-refractivity contribution in [3.63, 3.8) is 0 Å². The second kappa shape index (κ2) is 7.94. The fourth-order valence-electron chi connectivity index (χ4n) is 3.15. The second-order valence-corrected chi connectivity index (χ2v) is 6.77. The molecule has 0 aromatic heterocycles. The van der Waals surface area contributed by atoms with Gasteiger partial charge in [-0.2, -0.15) is 4.99 Å². The third-order valence-electron chi connectivity index (χ3n) is 4.55. The molecule has 144 valence electrons. The molecule has 3 rings (SSSR count). The van der Waals surface area contributed by atoms with Crippen LogP contribution in [0.5, 0.6) is 0 Å². The molecule has 4 nitrogen and oxygen atoms in total. The van der Waals surface area contributed by atoms with E-state index in [1.807, 2.05) is 13.0 Å². The van der Waals surface area contributed by atoms with Crippen molar-refractivity contribution in [1.29, 1.82) is 0 Å². The quantitative estimate of drug-likeness (QED) is 0.612. The lowest BCUT2D eigenvalue weighted by Crippen LogP contribution is -2.30. The number of amides is 1. The molecule has 0 radical (unpaired) electrons. The van der Waals surface area contributed by atoms with Crippen LogP contribution in [0.2, 0.25) is 0 Å². The van der Waals surface area contributed by atoms with Crippen LogP contribution in [-0.2, 0) is 0 Å². The summed E-state index contributed by atoms with van der Waals surface area (Å²) < 4.78 is 28.5. The van der Waals surface area contributed by atoms with Gasteiger partial charge in [0.05, 0.1) is 0 Å². The van der Waals surface area contributed by atoms with E-state index in [4.69, 9.17) is 23.1 Å². The average molecular weight is 402 g/mol. The van der Waals surface area contributed by atoms with Crippen LogP contribution in [0.25, 0.3) is 10.6 Å². The first-order chi connectivity index (χ1) is 13.3. The highest BCUT2D eigenvalue weighted by molar-refractivity contribution is 6.47. The highest BCUT2D eigenvalue weighted by atomic mass is 35.5. The highest BCUT2D eigenvalue weighted by Crippen LogP contribution is 2.27. The summed E-state index contributed by atoms with van der Waals surface area (Å²) in [7, 11) is 0. The van der Waals surface area contributed by atoms with Crippen molar-refractivity contribution in [3.8, 4) is 0 Å². The number of halogens is 3. The van der Waals surface area contributed by atoms with Gasteiger partial charge in [-0.25, -0.2) is 8.78 Å². The van der Waals surface area contributed by atoms with Gasteiger partial charge in [0.25, 0.3) is 5.91 Å². The van der Waals surface area contributed by atoms with Crippen LogP contribution in [0.1, 0.15) is 35.7 Å². The number of aliphatic imine (C=N–C) groups is 1. The van der Waals surface area contributed by atoms with E-state index in [1.165, 1.54) is 12.1 Å². The van der Waals surface area contributed by atoms with Crippen LogP contribution in [0.3, 0.4) is 0 Å². The Labute approximate surface area is 165 Å². The van der Waals surface area contributed by atoms with Gasteiger partial charge in [0, 0.05) is 21.4 Å². The maximum atomic E-state index is 14.6. The van der Waals surface area contributed by atoms with Crippen LogP contribution in [-0.4, -0.2) is 11.9 Å². The topological polar surface area (TPSA) is 81.5 Å². The third-order valence-corrected chi connectivity index (χ3v) is 4.86. The Hall–Kier alpha value is -2.99. The molecule has 1 amide bonds. The number of guanidine groups is 1. The van der Waals surface area contributed by atoms with E-state index in [1.54, 1.807) is 18.2 Å². The van der Waals surface area contributed by atoms with Crippen LogP contribution in [0.15, 0.2) is 53.0 Å². The molecule has 0 bridgehead atoms. The minimum atomic E-state index is -0.946. The van der Waals surface area contributed by atoms with Crippen molar-refractivity contribution in [3.05, 3.63) is 81.2 Å². The number of allylic oxidation sites excluding steroid dienone is 2. The van der Waals surface area contributed by atoms with Crippen LogP contribution < -0.4 is 21.9 Å². The maximum Gasteiger partial charge on any atom is 0.280 e.